The Morgan fingerprint density at radius 2 is 2.13 bits per heavy atom. The van der Waals surface area contributed by atoms with E-state index in [-0.39, 0.29) is 11.4 Å². The van der Waals surface area contributed by atoms with Gasteiger partial charge in [0.2, 0.25) is 0 Å². The monoisotopic (exact) mass is 250 g/mol. The van der Waals surface area contributed by atoms with E-state index in [9.17, 15) is 0 Å². The Hall–Kier alpha value is 0.620. The first kappa shape index (κ1) is 13.7. The molecule has 0 bridgehead atoms. The van der Waals surface area contributed by atoms with Crippen LogP contribution in [0.25, 0.3) is 0 Å². The fourth-order valence-electron chi connectivity index (χ4n) is 1.99. The van der Waals surface area contributed by atoms with Crippen LogP contribution in [-0.2, 0) is 4.74 Å². The molecule has 1 fully saturated rings. The molecule has 4 heteroatoms. The van der Waals surface area contributed by atoms with Crippen LogP contribution in [0.4, 0.5) is 0 Å². The molecule has 2 nitrogen and oxygen atoms in total. The molecule has 0 aliphatic carbocycles. The van der Waals surface area contributed by atoms with Gasteiger partial charge in [-0.2, -0.15) is 0 Å². The fraction of sp³-hybridized carbons (Fsp3) is 1.00. The summed E-state index contributed by atoms with van der Waals surface area (Å²) in [6.07, 6.45) is 2.33. The second-order valence-electron chi connectivity index (χ2n) is 5.35. The van der Waals surface area contributed by atoms with E-state index in [1.54, 1.807) is 10.8 Å². The summed E-state index contributed by atoms with van der Waals surface area (Å²) in [7, 11) is 3.69. The Morgan fingerprint density at radius 1 is 1.40 bits per heavy atom. The molecule has 1 aliphatic rings. The summed E-state index contributed by atoms with van der Waals surface area (Å²) < 4.78 is 5.82. The molecule has 0 aromatic heterocycles. The third-order valence-electron chi connectivity index (χ3n) is 2.33. The van der Waals surface area contributed by atoms with Crippen LogP contribution in [0.5, 0.6) is 0 Å². The molecule has 0 spiro atoms. The van der Waals surface area contributed by atoms with E-state index in [1.807, 2.05) is 10.8 Å². The quantitative estimate of drug-likeness (QED) is 0.600. The molecule has 15 heavy (non-hydrogen) atoms. The number of aliphatic hydroxyl groups is 1. The minimum absolute atomic E-state index is 0.268. The standard InChI is InChI=1S/C11H22O2S2/c1-10(2,3)8-11(4-6-13-9-11)15-14-7-5-12/h12H,4-9H2,1-3H3. The Balaban J connectivity index is 2.46. The molecule has 1 atom stereocenters. The van der Waals surface area contributed by atoms with Crippen molar-refractivity contribution in [2.24, 2.45) is 5.41 Å². The normalized spacial score (nSPS) is 27.2. The van der Waals surface area contributed by atoms with Crippen LogP contribution >= 0.6 is 21.6 Å². The van der Waals surface area contributed by atoms with E-state index in [1.165, 1.54) is 6.42 Å². The summed E-state index contributed by atoms with van der Waals surface area (Å²) >= 11 is 0. The third kappa shape index (κ3) is 4.98. The molecule has 0 saturated carbocycles. The first-order chi connectivity index (χ1) is 6.97. The first-order valence-electron chi connectivity index (χ1n) is 5.47. The fourth-order valence-corrected chi connectivity index (χ4v) is 4.99. The molecule has 1 N–H and O–H groups in total. The molecule has 0 aromatic carbocycles. The number of rotatable bonds is 5. The second kappa shape index (κ2) is 5.80. The summed E-state index contributed by atoms with van der Waals surface area (Å²) in [5.74, 6) is 0.816. The topological polar surface area (TPSA) is 29.5 Å². The van der Waals surface area contributed by atoms with Crippen LogP contribution in [0, 0.1) is 5.41 Å². The summed E-state index contributed by atoms with van der Waals surface area (Å²) in [5, 5.41) is 8.79. The van der Waals surface area contributed by atoms with Crippen LogP contribution in [0.15, 0.2) is 0 Å². The van der Waals surface area contributed by atoms with Crippen molar-refractivity contribution < 1.29 is 9.84 Å². The Labute approximate surface area is 101 Å². The Morgan fingerprint density at radius 3 is 2.60 bits per heavy atom. The maximum Gasteiger partial charge on any atom is 0.0622 e. The molecule has 1 saturated heterocycles. The molecule has 0 aromatic rings. The average Bonchev–Trinajstić information content (AvgIpc) is 2.51. The molecule has 0 amide bonds. The number of aliphatic hydroxyl groups excluding tert-OH is 1. The zero-order valence-electron chi connectivity index (χ0n) is 9.91. The largest absolute Gasteiger partial charge is 0.395 e. The summed E-state index contributed by atoms with van der Waals surface area (Å²) in [5.41, 5.74) is 0.348. The predicted molar refractivity (Wildman–Crippen MR) is 69.4 cm³/mol. The highest BCUT2D eigenvalue weighted by Gasteiger charge is 2.39. The van der Waals surface area contributed by atoms with E-state index in [2.05, 4.69) is 20.8 Å². The van der Waals surface area contributed by atoms with Gasteiger partial charge in [-0.05, 0) is 18.3 Å². The van der Waals surface area contributed by atoms with E-state index < -0.39 is 0 Å². The van der Waals surface area contributed by atoms with E-state index >= 15 is 0 Å². The van der Waals surface area contributed by atoms with Gasteiger partial charge in [-0.15, -0.1) is 0 Å². The lowest BCUT2D eigenvalue weighted by Gasteiger charge is -2.33. The lowest BCUT2D eigenvalue weighted by atomic mass is 9.84. The Bertz CT molecular complexity index is 184. The molecule has 1 heterocycles. The predicted octanol–water partition coefficient (Wildman–Crippen LogP) is 2.96. The highest BCUT2D eigenvalue weighted by atomic mass is 33.1. The van der Waals surface area contributed by atoms with Gasteiger partial charge in [0.25, 0.3) is 0 Å². The zero-order chi connectivity index (χ0) is 11.4. The van der Waals surface area contributed by atoms with Crippen molar-refractivity contribution in [2.75, 3.05) is 25.6 Å². The minimum atomic E-state index is 0.268. The van der Waals surface area contributed by atoms with Crippen molar-refractivity contribution in [3.8, 4) is 0 Å². The van der Waals surface area contributed by atoms with Crippen molar-refractivity contribution in [1.29, 1.82) is 0 Å². The van der Waals surface area contributed by atoms with E-state index in [4.69, 9.17) is 9.84 Å². The number of ether oxygens (including phenoxy) is 1. The van der Waals surface area contributed by atoms with Gasteiger partial charge < -0.3 is 9.84 Å². The summed E-state index contributed by atoms with van der Waals surface area (Å²) in [6, 6.07) is 0. The first-order valence-corrected chi connectivity index (χ1v) is 7.79. The maximum absolute atomic E-state index is 8.79. The Kier molecular flexibility index (Phi) is 5.29. The minimum Gasteiger partial charge on any atom is -0.395 e. The lowest BCUT2D eigenvalue weighted by molar-refractivity contribution is 0.181. The van der Waals surface area contributed by atoms with Crippen molar-refractivity contribution in [2.45, 2.75) is 38.4 Å². The van der Waals surface area contributed by atoms with Gasteiger partial charge in [0, 0.05) is 12.4 Å². The molecule has 0 radical (unpaired) electrons. The molecule has 90 valence electrons. The summed E-state index contributed by atoms with van der Waals surface area (Å²) in [6.45, 7) is 8.87. The van der Waals surface area contributed by atoms with Crippen molar-refractivity contribution in [3.05, 3.63) is 0 Å². The summed E-state index contributed by atoms with van der Waals surface area (Å²) in [4.78, 5) is 0. The maximum atomic E-state index is 8.79. The van der Waals surface area contributed by atoms with Crippen LogP contribution in [0.1, 0.15) is 33.6 Å². The zero-order valence-corrected chi connectivity index (χ0v) is 11.5. The number of hydrogen-bond donors (Lipinski definition) is 1. The van der Waals surface area contributed by atoms with Crippen LogP contribution in [0.3, 0.4) is 0 Å². The van der Waals surface area contributed by atoms with Crippen LogP contribution in [0.2, 0.25) is 0 Å². The van der Waals surface area contributed by atoms with Gasteiger partial charge in [0.15, 0.2) is 0 Å². The van der Waals surface area contributed by atoms with Gasteiger partial charge in [0.1, 0.15) is 0 Å². The van der Waals surface area contributed by atoms with Gasteiger partial charge in [-0.25, -0.2) is 0 Å². The van der Waals surface area contributed by atoms with Gasteiger partial charge in [-0.3, -0.25) is 0 Å². The second-order valence-corrected chi connectivity index (χ2v) is 8.24. The SMILES string of the molecule is CC(C)(C)CC1(SSCCO)CCOC1. The highest BCUT2D eigenvalue weighted by molar-refractivity contribution is 8.77. The van der Waals surface area contributed by atoms with Crippen molar-refractivity contribution in [1.82, 2.24) is 0 Å². The van der Waals surface area contributed by atoms with Crippen molar-refractivity contribution >= 4 is 21.6 Å². The van der Waals surface area contributed by atoms with Crippen LogP contribution < -0.4 is 0 Å². The van der Waals surface area contributed by atoms with Crippen molar-refractivity contribution in [3.63, 3.8) is 0 Å². The smallest absolute Gasteiger partial charge is 0.0622 e. The van der Waals surface area contributed by atoms with E-state index in [0.717, 1.165) is 25.4 Å². The van der Waals surface area contributed by atoms with E-state index in [0.29, 0.717) is 5.41 Å². The van der Waals surface area contributed by atoms with Gasteiger partial charge in [0.05, 0.1) is 18.0 Å². The van der Waals surface area contributed by atoms with Crippen LogP contribution in [-0.4, -0.2) is 35.4 Å². The molecule has 1 aliphatic heterocycles. The molecule has 1 unspecified atom stereocenters. The van der Waals surface area contributed by atoms with Gasteiger partial charge in [-0.1, -0.05) is 42.4 Å². The average molecular weight is 250 g/mol. The highest BCUT2D eigenvalue weighted by Crippen LogP contribution is 2.47. The third-order valence-corrected chi connectivity index (χ3v) is 5.53. The molecular formula is C11H22O2S2. The number of hydrogen-bond acceptors (Lipinski definition) is 4. The van der Waals surface area contributed by atoms with Gasteiger partial charge >= 0.3 is 0 Å². The lowest BCUT2D eigenvalue weighted by Crippen LogP contribution is -2.30. The molecular weight excluding hydrogens is 228 g/mol. The molecule has 1 rings (SSSR count).